The van der Waals surface area contributed by atoms with Gasteiger partial charge in [0.2, 0.25) is 0 Å². The summed E-state index contributed by atoms with van der Waals surface area (Å²) in [6.45, 7) is 6.15. The third kappa shape index (κ3) is 8.31. The first-order chi connectivity index (χ1) is 16.2. The van der Waals surface area contributed by atoms with Crippen molar-refractivity contribution in [2.75, 3.05) is 19.5 Å². The van der Waals surface area contributed by atoms with Crippen molar-refractivity contribution in [3.63, 3.8) is 0 Å². The highest BCUT2D eigenvalue weighted by Crippen LogP contribution is 2.35. The van der Waals surface area contributed by atoms with Crippen LogP contribution in [0.25, 0.3) is 0 Å². The maximum Gasteiger partial charge on any atom is 0.414 e. The zero-order valence-electron chi connectivity index (χ0n) is 20.5. The van der Waals surface area contributed by atoms with E-state index in [0.717, 1.165) is 0 Å². The van der Waals surface area contributed by atoms with Crippen molar-refractivity contribution in [2.24, 2.45) is 10.7 Å². The number of carbonyl (C=O) groups excluding carboxylic acids is 2. The quantitative estimate of drug-likeness (QED) is 0.509. The first kappa shape index (κ1) is 28.8. The number of nitrogens with two attached hydrogens (primary N) is 1. The van der Waals surface area contributed by atoms with E-state index >= 15 is 0 Å². The number of methoxy groups -OCH3 is 1. The summed E-state index contributed by atoms with van der Waals surface area (Å²) in [5.74, 6) is -0.882. The topological polar surface area (TPSA) is 146 Å². The van der Waals surface area contributed by atoms with E-state index in [1.165, 1.54) is 14.0 Å². The van der Waals surface area contributed by atoms with Gasteiger partial charge in [-0.1, -0.05) is 17.7 Å². The first-order valence-corrected chi connectivity index (χ1v) is 12.9. The lowest BCUT2D eigenvalue weighted by atomic mass is 9.79. The molecular formula is C23H32ClN3O7S. The van der Waals surface area contributed by atoms with Crippen LogP contribution in [0.5, 0.6) is 0 Å². The van der Waals surface area contributed by atoms with E-state index in [2.05, 4.69) is 10.3 Å². The van der Waals surface area contributed by atoms with E-state index in [1.807, 2.05) is 0 Å². The number of carbonyl (C=O) groups is 2. The molecule has 0 aromatic heterocycles. The van der Waals surface area contributed by atoms with Crippen LogP contribution in [-0.4, -0.2) is 56.8 Å². The zero-order chi connectivity index (χ0) is 26.4. The largest absolute Gasteiger partial charge is 0.444 e. The molecule has 1 aliphatic carbocycles. The van der Waals surface area contributed by atoms with Gasteiger partial charge in [-0.2, -0.15) is 8.42 Å². The number of hydrogen-bond acceptors (Lipinski definition) is 9. The molecule has 0 bridgehead atoms. The summed E-state index contributed by atoms with van der Waals surface area (Å²) in [5.41, 5.74) is 5.57. The Morgan fingerprint density at radius 3 is 2.54 bits per heavy atom. The number of imide groups is 1. The molecule has 0 radical (unpaired) electrons. The normalized spacial score (nSPS) is 21.5. The van der Waals surface area contributed by atoms with Gasteiger partial charge in [0.25, 0.3) is 16.0 Å². The van der Waals surface area contributed by atoms with Gasteiger partial charge < -0.3 is 15.2 Å². The first-order valence-electron chi connectivity index (χ1n) is 11.0. The number of nitrogens with zero attached hydrogens (tertiary/aromatic N) is 1. The predicted octanol–water partition coefficient (Wildman–Crippen LogP) is 3.61. The van der Waals surface area contributed by atoms with E-state index in [9.17, 15) is 18.0 Å². The molecule has 1 unspecified atom stereocenters. The van der Waals surface area contributed by atoms with Crippen LogP contribution in [-0.2, 0) is 28.6 Å². The molecule has 35 heavy (non-hydrogen) atoms. The minimum Gasteiger partial charge on any atom is -0.444 e. The van der Waals surface area contributed by atoms with Crippen LogP contribution in [0.15, 0.2) is 40.5 Å². The zero-order valence-corrected chi connectivity index (χ0v) is 22.1. The molecule has 2 rings (SSSR count). The average molecular weight is 530 g/mol. The van der Waals surface area contributed by atoms with E-state index in [4.69, 9.17) is 31.0 Å². The van der Waals surface area contributed by atoms with Gasteiger partial charge >= 0.3 is 6.09 Å². The summed E-state index contributed by atoms with van der Waals surface area (Å²) in [4.78, 5) is 29.9. The maximum absolute atomic E-state index is 13.1. The van der Waals surface area contributed by atoms with Gasteiger partial charge in [0.1, 0.15) is 12.2 Å². The Hall–Kier alpha value is -2.47. The van der Waals surface area contributed by atoms with Crippen LogP contribution in [0.2, 0.25) is 5.02 Å². The summed E-state index contributed by atoms with van der Waals surface area (Å²) in [7, 11) is -2.35. The fourth-order valence-electron chi connectivity index (χ4n) is 3.39. The van der Waals surface area contributed by atoms with Gasteiger partial charge in [-0.05, 0) is 64.3 Å². The number of halogens is 1. The van der Waals surface area contributed by atoms with Crippen LogP contribution < -0.4 is 11.1 Å². The molecule has 194 valence electrons. The maximum atomic E-state index is 13.1. The number of ether oxygens (including phenoxy) is 2. The summed E-state index contributed by atoms with van der Waals surface area (Å²) in [6.07, 6.45) is -0.563. The van der Waals surface area contributed by atoms with Crippen LogP contribution in [0, 0.1) is 0 Å². The van der Waals surface area contributed by atoms with Crippen molar-refractivity contribution in [2.45, 2.75) is 58.2 Å². The number of allylic oxidation sites excluding steroid dienone is 1. The van der Waals surface area contributed by atoms with E-state index in [1.54, 1.807) is 45.0 Å². The molecule has 2 amide bonds. The van der Waals surface area contributed by atoms with Crippen molar-refractivity contribution in [1.29, 1.82) is 0 Å². The second-order valence-corrected chi connectivity index (χ2v) is 11.3. The molecule has 1 aromatic carbocycles. The van der Waals surface area contributed by atoms with Gasteiger partial charge in [-0.15, -0.1) is 0 Å². The van der Waals surface area contributed by atoms with Crippen LogP contribution >= 0.6 is 11.6 Å². The number of rotatable bonds is 7. The van der Waals surface area contributed by atoms with Crippen molar-refractivity contribution < 1.29 is 31.7 Å². The summed E-state index contributed by atoms with van der Waals surface area (Å²) in [6, 6.07) is 6.75. The second kappa shape index (κ2) is 11.5. The molecule has 10 nitrogen and oxygen atoms in total. The molecule has 0 heterocycles. The predicted molar refractivity (Wildman–Crippen MR) is 133 cm³/mol. The molecule has 3 N–H and O–H groups in total. The molecule has 1 fully saturated rings. The van der Waals surface area contributed by atoms with Crippen LogP contribution in [0.1, 0.15) is 47.0 Å². The van der Waals surface area contributed by atoms with Crippen molar-refractivity contribution >= 4 is 45.1 Å². The number of benzene rings is 1. The Morgan fingerprint density at radius 1 is 1.29 bits per heavy atom. The molecule has 0 spiro atoms. The molecule has 1 aliphatic rings. The Morgan fingerprint density at radius 2 is 1.97 bits per heavy atom. The van der Waals surface area contributed by atoms with Gasteiger partial charge in [0.05, 0.1) is 11.4 Å². The van der Waals surface area contributed by atoms with Gasteiger partial charge in [0.15, 0.2) is 5.60 Å². The summed E-state index contributed by atoms with van der Waals surface area (Å²) in [5, 5.41) is 2.69. The van der Waals surface area contributed by atoms with E-state index < -0.39 is 33.3 Å². The highest BCUT2D eigenvalue weighted by atomic mass is 35.5. The minimum absolute atomic E-state index is 0.0405. The van der Waals surface area contributed by atoms with Crippen molar-refractivity contribution in [3.8, 4) is 0 Å². The highest BCUT2D eigenvalue weighted by Gasteiger charge is 2.45. The molecular weight excluding hydrogens is 498 g/mol. The number of nitrogens with one attached hydrogen (secondary N) is 1. The van der Waals surface area contributed by atoms with Gasteiger partial charge in [0, 0.05) is 30.0 Å². The molecule has 1 atom stereocenters. The summed E-state index contributed by atoms with van der Waals surface area (Å²) < 4.78 is 39.3. The third-order valence-electron chi connectivity index (χ3n) is 5.21. The van der Waals surface area contributed by atoms with E-state index in [-0.39, 0.29) is 37.3 Å². The molecule has 1 saturated carbocycles. The monoisotopic (exact) mass is 529 g/mol. The van der Waals surface area contributed by atoms with Gasteiger partial charge in [-0.3, -0.25) is 19.3 Å². The lowest BCUT2D eigenvalue weighted by molar-refractivity contribution is -0.143. The molecule has 12 heteroatoms. The smallest absolute Gasteiger partial charge is 0.414 e. The third-order valence-corrected chi connectivity index (χ3v) is 6.63. The number of hydrogen-bond donors (Lipinski definition) is 2. The SMILES string of the molecule is CCS(=O)(=O)OC/C(N)=C1\CCC(OC)(C(=O)NC(=O)OC(C)(C)C)CC1=Nc1cccc(Cl)c1. The second-order valence-electron chi connectivity index (χ2n) is 8.98. The lowest BCUT2D eigenvalue weighted by Crippen LogP contribution is -2.54. The van der Waals surface area contributed by atoms with Crippen molar-refractivity contribution in [1.82, 2.24) is 5.32 Å². The Balaban J connectivity index is 2.43. The molecule has 0 saturated heterocycles. The molecule has 0 aliphatic heterocycles. The number of alkyl carbamates (subject to hydrolysis) is 1. The molecule has 1 aromatic rings. The number of amides is 2. The Bertz CT molecular complexity index is 1130. The van der Waals surface area contributed by atoms with E-state index in [0.29, 0.717) is 22.0 Å². The van der Waals surface area contributed by atoms with Crippen molar-refractivity contribution in [3.05, 3.63) is 40.6 Å². The number of aliphatic imine (C=N–C) groups is 1. The lowest BCUT2D eigenvalue weighted by Gasteiger charge is -2.36. The average Bonchev–Trinajstić information content (AvgIpc) is 2.76. The Labute approximate surface area is 211 Å². The Kier molecular flexibility index (Phi) is 9.46. The van der Waals surface area contributed by atoms with Crippen LogP contribution in [0.4, 0.5) is 10.5 Å². The fourth-order valence-corrected chi connectivity index (χ4v) is 4.04. The summed E-state index contributed by atoms with van der Waals surface area (Å²) >= 11 is 6.09. The van der Waals surface area contributed by atoms with Gasteiger partial charge in [-0.25, -0.2) is 4.79 Å². The highest BCUT2D eigenvalue weighted by molar-refractivity contribution is 7.86. The standard InChI is InChI=1S/C23H32ClN3O7S/c1-6-35(30,31)33-14-18(25)17-10-11-23(32-5,20(28)27-21(29)34-22(2,3)4)13-19(17)26-16-9-7-8-15(24)12-16/h7-9,12H,6,10-11,13-14,25H2,1-5H3,(H,27,28,29)/b18-17-,26-19?. The van der Waals surface area contributed by atoms with Crippen LogP contribution in [0.3, 0.4) is 0 Å². The minimum atomic E-state index is -3.72. The fraction of sp³-hybridized carbons (Fsp3) is 0.522.